The Hall–Kier alpha value is 0.640. The van der Waals surface area contributed by atoms with Crippen molar-refractivity contribution in [3.8, 4) is 0 Å². The highest BCUT2D eigenvalue weighted by atomic mass is 35.7. The summed E-state index contributed by atoms with van der Waals surface area (Å²) in [6, 6.07) is 0. The molecule has 1 rings (SSSR count). The van der Waals surface area contributed by atoms with Crippen LogP contribution in [0.2, 0.25) is 0 Å². The first-order valence-electron chi connectivity index (χ1n) is 3.68. The summed E-state index contributed by atoms with van der Waals surface area (Å²) >= 11 is 5.88. The number of nitrogens with zero attached hydrogens (tertiary/aromatic N) is 1. The summed E-state index contributed by atoms with van der Waals surface area (Å²) in [5.41, 5.74) is 0. The van der Waals surface area contributed by atoms with E-state index in [1.165, 1.54) is 12.8 Å². The first-order valence-corrected chi connectivity index (χ1v) is 5.80. The van der Waals surface area contributed by atoms with E-state index in [0.717, 1.165) is 19.7 Å². The highest BCUT2D eigenvalue weighted by Gasteiger charge is 2.22. The molecule has 60 valence electrons. The summed E-state index contributed by atoms with van der Waals surface area (Å²) in [4.78, 5) is 0. The molecular weight excluding hydrogens is 168 g/mol. The molecule has 0 bridgehead atoms. The van der Waals surface area contributed by atoms with Gasteiger partial charge in [-0.3, -0.25) is 0 Å². The van der Waals surface area contributed by atoms with E-state index >= 15 is 0 Å². The first-order chi connectivity index (χ1) is 4.84. The van der Waals surface area contributed by atoms with Gasteiger partial charge in [-0.05, 0) is 17.7 Å². The van der Waals surface area contributed by atoms with E-state index in [1.54, 1.807) is 0 Å². The SMILES string of the molecule is CCCCN1CCOP1Cl. The minimum absolute atomic E-state index is 0.735. The summed E-state index contributed by atoms with van der Waals surface area (Å²) in [6.45, 7) is 5.13. The minimum Gasteiger partial charge on any atom is -0.330 e. The van der Waals surface area contributed by atoms with Gasteiger partial charge in [-0.25, -0.2) is 4.67 Å². The van der Waals surface area contributed by atoms with Crippen molar-refractivity contribution in [2.75, 3.05) is 19.7 Å². The van der Waals surface area contributed by atoms with Gasteiger partial charge in [0.1, 0.15) is 0 Å². The van der Waals surface area contributed by atoms with Crippen LogP contribution in [0.15, 0.2) is 0 Å². The number of hydrogen-bond donors (Lipinski definition) is 0. The number of halogens is 1. The molecule has 0 aromatic carbocycles. The quantitative estimate of drug-likeness (QED) is 0.621. The molecule has 1 fully saturated rings. The highest BCUT2D eigenvalue weighted by molar-refractivity contribution is 7.78. The molecule has 0 N–H and O–H groups in total. The Morgan fingerprint density at radius 1 is 1.70 bits per heavy atom. The van der Waals surface area contributed by atoms with Crippen molar-refractivity contribution in [1.82, 2.24) is 4.67 Å². The summed E-state index contributed by atoms with van der Waals surface area (Å²) < 4.78 is 7.44. The number of rotatable bonds is 3. The van der Waals surface area contributed by atoms with Gasteiger partial charge in [0.2, 0.25) is 7.65 Å². The Labute approximate surface area is 68.2 Å². The molecule has 10 heavy (non-hydrogen) atoms. The Kier molecular flexibility index (Phi) is 3.93. The second-order valence-corrected chi connectivity index (χ2v) is 4.51. The summed E-state index contributed by atoms with van der Waals surface area (Å²) in [6.07, 6.45) is 2.46. The van der Waals surface area contributed by atoms with Crippen molar-refractivity contribution in [2.24, 2.45) is 0 Å². The molecule has 4 heteroatoms. The maximum absolute atomic E-state index is 5.88. The van der Waals surface area contributed by atoms with Crippen LogP contribution in [0.3, 0.4) is 0 Å². The fourth-order valence-corrected chi connectivity index (χ4v) is 2.51. The molecule has 0 spiro atoms. The van der Waals surface area contributed by atoms with E-state index in [-0.39, 0.29) is 0 Å². The van der Waals surface area contributed by atoms with Gasteiger partial charge in [-0.2, -0.15) is 0 Å². The molecule has 1 heterocycles. The molecule has 0 amide bonds. The Morgan fingerprint density at radius 3 is 3.00 bits per heavy atom. The van der Waals surface area contributed by atoms with Gasteiger partial charge in [0.25, 0.3) is 0 Å². The lowest BCUT2D eigenvalue weighted by Gasteiger charge is -2.14. The van der Waals surface area contributed by atoms with Crippen molar-refractivity contribution >= 4 is 18.9 Å². The lowest BCUT2D eigenvalue weighted by atomic mass is 10.3. The predicted molar refractivity (Wildman–Crippen MR) is 45.2 cm³/mol. The van der Waals surface area contributed by atoms with Crippen LogP contribution in [-0.2, 0) is 4.52 Å². The number of hydrogen-bond acceptors (Lipinski definition) is 2. The summed E-state index contributed by atoms with van der Waals surface area (Å²) in [7, 11) is -0.735. The monoisotopic (exact) mass is 181 g/mol. The Bertz CT molecular complexity index is 104. The largest absolute Gasteiger partial charge is 0.330 e. The average molecular weight is 182 g/mol. The zero-order valence-electron chi connectivity index (χ0n) is 6.22. The van der Waals surface area contributed by atoms with E-state index in [9.17, 15) is 0 Å². The van der Waals surface area contributed by atoms with Crippen LogP contribution in [0.25, 0.3) is 0 Å². The fourth-order valence-electron chi connectivity index (χ4n) is 0.913. The van der Waals surface area contributed by atoms with Crippen LogP contribution in [0.5, 0.6) is 0 Å². The Morgan fingerprint density at radius 2 is 2.50 bits per heavy atom. The molecule has 0 aliphatic carbocycles. The molecule has 1 aliphatic heterocycles. The van der Waals surface area contributed by atoms with Gasteiger partial charge in [-0.1, -0.05) is 13.3 Å². The lowest BCUT2D eigenvalue weighted by molar-refractivity contribution is 0.392. The molecular formula is C6H13ClNOP. The molecule has 1 saturated heterocycles. The van der Waals surface area contributed by atoms with Gasteiger partial charge < -0.3 is 4.52 Å². The third kappa shape index (κ3) is 2.35. The van der Waals surface area contributed by atoms with Crippen molar-refractivity contribution in [1.29, 1.82) is 0 Å². The lowest BCUT2D eigenvalue weighted by Crippen LogP contribution is -2.14. The van der Waals surface area contributed by atoms with Gasteiger partial charge in [-0.15, -0.1) is 0 Å². The van der Waals surface area contributed by atoms with Crippen LogP contribution in [0, 0.1) is 0 Å². The van der Waals surface area contributed by atoms with Crippen molar-refractivity contribution < 1.29 is 4.52 Å². The first kappa shape index (κ1) is 8.73. The molecule has 1 unspecified atom stereocenters. The molecule has 0 aromatic rings. The third-order valence-corrected chi connectivity index (χ3v) is 3.71. The molecule has 1 aliphatic rings. The van der Waals surface area contributed by atoms with E-state index in [0.29, 0.717) is 0 Å². The van der Waals surface area contributed by atoms with E-state index < -0.39 is 7.65 Å². The molecule has 1 atom stereocenters. The van der Waals surface area contributed by atoms with E-state index in [2.05, 4.69) is 11.6 Å². The maximum Gasteiger partial charge on any atom is 0.206 e. The van der Waals surface area contributed by atoms with E-state index in [1.807, 2.05) is 0 Å². The zero-order chi connectivity index (χ0) is 7.40. The second-order valence-electron chi connectivity index (χ2n) is 2.37. The molecule has 0 aromatic heterocycles. The van der Waals surface area contributed by atoms with Gasteiger partial charge in [0.05, 0.1) is 6.61 Å². The minimum atomic E-state index is -0.735. The zero-order valence-corrected chi connectivity index (χ0v) is 7.87. The van der Waals surface area contributed by atoms with Crippen molar-refractivity contribution in [3.05, 3.63) is 0 Å². The van der Waals surface area contributed by atoms with Crippen molar-refractivity contribution in [2.45, 2.75) is 19.8 Å². The van der Waals surface area contributed by atoms with Crippen LogP contribution in [-0.4, -0.2) is 24.4 Å². The normalized spacial score (nSPS) is 27.6. The van der Waals surface area contributed by atoms with Gasteiger partial charge in [0, 0.05) is 13.1 Å². The van der Waals surface area contributed by atoms with Gasteiger partial charge >= 0.3 is 0 Å². The summed E-state index contributed by atoms with van der Waals surface area (Å²) in [5.74, 6) is 0. The average Bonchev–Trinajstić information content (AvgIpc) is 2.31. The topological polar surface area (TPSA) is 12.5 Å². The predicted octanol–water partition coefficient (Wildman–Crippen LogP) is 2.58. The maximum atomic E-state index is 5.88. The summed E-state index contributed by atoms with van der Waals surface area (Å²) in [5, 5.41) is 0. The van der Waals surface area contributed by atoms with Crippen LogP contribution >= 0.6 is 18.9 Å². The Balaban J connectivity index is 2.14. The van der Waals surface area contributed by atoms with Crippen molar-refractivity contribution in [3.63, 3.8) is 0 Å². The number of unbranched alkanes of at least 4 members (excludes halogenated alkanes) is 1. The molecule has 0 radical (unpaired) electrons. The van der Waals surface area contributed by atoms with E-state index in [4.69, 9.17) is 15.8 Å². The van der Waals surface area contributed by atoms with Crippen LogP contribution < -0.4 is 0 Å². The van der Waals surface area contributed by atoms with Gasteiger partial charge in [0.15, 0.2) is 0 Å². The highest BCUT2D eigenvalue weighted by Crippen LogP contribution is 2.50. The molecule has 2 nitrogen and oxygen atoms in total. The van der Waals surface area contributed by atoms with Crippen LogP contribution in [0.4, 0.5) is 0 Å². The standard InChI is InChI=1S/C6H13ClNOP/c1-2-3-4-8-5-6-9-10(8)7/h2-6H2,1H3. The smallest absolute Gasteiger partial charge is 0.206 e. The fraction of sp³-hybridized carbons (Fsp3) is 1.00. The van der Waals surface area contributed by atoms with Crippen LogP contribution in [0.1, 0.15) is 19.8 Å². The third-order valence-electron chi connectivity index (χ3n) is 1.54. The molecule has 0 saturated carbocycles. The second kappa shape index (κ2) is 4.50.